The summed E-state index contributed by atoms with van der Waals surface area (Å²) in [5.41, 5.74) is 5.80. The fraction of sp³-hybridized carbons (Fsp3) is 0.111. The van der Waals surface area contributed by atoms with Crippen LogP contribution in [0, 0.1) is 5.82 Å². The van der Waals surface area contributed by atoms with Gasteiger partial charge >= 0.3 is 0 Å². The molecule has 0 saturated carbocycles. The molecule has 0 bridgehead atoms. The number of phenolic OH excluding ortho intramolecular Hbond substituents is 1. The minimum atomic E-state index is -0.850. The lowest BCUT2D eigenvalue weighted by Crippen LogP contribution is -2.07. The van der Waals surface area contributed by atoms with Crippen molar-refractivity contribution in [1.29, 1.82) is 0 Å². The average Bonchev–Trinajstić information content (AvgIpc) is 2.13. The number of hydrogen-bond donors (Lipinski definition) is 2. The molecule has 1 atom stereocenters. The third-order valence-corrected chi connectivity index (χ3v) is 2.01. The van der Waals surface area contributed by atoms with E-state index in [0.29, 0.717) is 0 Å². The second-order valence-electron chi connectivity index (χ2n) is 2.56. The van der Waals surface area contributed by atoms with Crippen molar-refractivity contribution >= 4 is 11.6 Å². The fourth-order valence-corrected chi connectivity index (χ4v) is 1.10. The third-order valence-electron chi connectivity index (χ3n) is 1.71. The van der Waals surface area contributed by atoms with Gasteiger partial charge in [0.05, 0.1) is 11.1 Å². The van der Waals surface area contributed by atoms with Crippen molar-refractivity contribution in [2.75, 3.05) is 0 Å². The predicted molar refractivity (Wildman–Crippen MR) is 50.2 cm³/mol. The molecular formula is C9H9ClFNO. The Morgan fingerprint density at radius 3 is 2.77 bits per heavy atom. The molecule has 1 aromatic carbocycles. The largest absolute Gasteiger partial charge is 0.505 e. The molecule has 0 fully saturated rings. The molecule has 3 N–H and O–H groups in total. The normalized spacial score (nSPS) is 12.5. The maximum atomic E-state index is 13.0. The number of halogens is 2. The summed E-state index contributed by atoms with van der Waals surface area (Å²) in [7, 11) is 0. The van der Waals surface area contributed by atoms with Crippen LogP contribution in [0.15, 0.2) is 24.8 Å². The van der Waals surface area contributed by atoms with Crippen LogP contribution in [0.5, 0.6) is 5.75 Å². The summed E-state index contributed by atoms with van der Waals surface area (Å²) >= 11 is 5.43. The predicted octanol–water partition coefficient (Wildman–Crippen LogP) is 2.37. The summed E-state index contributed by atoms with van der Waals surface area (Å²) in [4.78, 5) is 0. The molecular weight excluding hydrogens is 193 g/mol. The lowest BCUT2D eigenvalue weighted by atomic mass is 10.1. The molecule has 4 heteroatoms. The number of nitrogens with two attached hydrogens (primary N) is 1. The first-order chi connectivity index (χ1) is 6.07. The van der Waals surface area contributed by atoms with Crippen LogP contribution in [-0.4, -0.2) is 5.11 Å². The van der Waals surface area contributed by atoms with Gasteiger partial charge in [0.15, 0.2) is 11.6 Å². The first-order valence-corrected chi connectivity index (χ1v) is 4.00. The summed E-state index contributed by atoms with van der Waals surface area (Å²) in [6.45, 7) is 3.44. The number of rotatable bonds is 2. The van der Waals surface area contributed by atoms with E-state index in [2.05, 4.69) is 6.58 Å². The van der Waals surface area contributed by atoms with Gasteiger partial charge in [-0.05, 0) is 6.07 Å². The highest BCUT2D eigenvalue weighted by Gasteiger charge is 2.14. The van der Waals surface area contributed by atoms with Gasteiger partial charge in [-0.2, -0.15) is 0 Å². The Hall–Kier alpha value is -1.06. The molecule has 0 aliphatic carbocycles. The van der Waals surface area contributed by atoms with Crippen LogP contribution in [0.1, 0.15) is 11.6 Å². The molecule has 2 nitrogen and oxygen atoms in total. The van der Waals surface area contributed by atoms with Crippen LogP contribution in [0.2, 0.25) is 5.02 Å². The van der Waals surface area contributed by atoms with Crippen LogP contribution >= 0.6 is 11.6 Å². The van der Waals surface area contributed by atoms with Gasteiger partial charge in [-0.15, -0.1) is 6.58 Å². The van der Waals surface area contributed by atoms with Gasteiger partial charge in [0, 0.05) is 5.56 Å². The molecule has 13 heavy (non-hydrogen) atoms. The lowest BCUT2D eigenvalue weighted by Gasteiger charge is -2.09. The SMILES string of the molecule is C=C[C@H](N)c1ccc(Cl)c(F)c1O. The monoisotopic (exact) mass is 201 g/mol. The number of benzene rings is 1. The van der Waals surface area contributed by atoms with Crippen molar-refractivity contribution in [3.63, 3.8) is 0 Å². The Kier molecular flexibility index (Phi) is 2.90. The summed E-state index contributed by atoms with van der Waals surface area (Å²) in [5.74, 6) is -1.36. The van der Waals surface area contributed by atoms with Crippen molar-refractivity contribution in [3.8, 4) is 5.75 Å². The van der Waals surface area contributed by atoms with Gasteiger partial charge in [-0.1, -0.05) is 23.7 Å². The molecule has 0 saturated heterocycles. The maximum Gasteiger partial charge on any atom is 0.183 e. The zero-order valence-electron chi connectivity index (χ0n) is 6.80. The molecule has 1 aromatic rings. The molecule has 0 aliphatic heterocycles. The molecule has 0 aromatic heterocycles. The van der Waals surface area contributed by atoms with E-state index >= 15 is 0 Å². The smallest absolute Gasteiger partial charge is 0.183 e. The van der Waals surface area contributed by atoms with E-state index in [0.717, 1.165) is 0 Å². The Bertz CT molecular complexity index is 341. The standard InChI is InChI=1S/C9H9ClFNO/c1-2-7(12)5-3-4-6(10)8(11)9(5)13/h2-4,7,13H,1,12H2/t7-/m0/s1. The van der Waals surface area contributed by atoms with Gasteiger partial charge in [0.1, 0.15) is 0 Å². The zero-order valence-corrected chi connectivity index (χ0v) is 7.55. The molecule has 0 heterocycles. The van der Waals surface area contributed by atoms with E-state index in [1.807, 2.05) is 0 Å². The van der Waals surface area contributed by atoms with Crippen LogP contribution in [0.3, 0.4) is 0 Å². The molecule has 0 amide bonds. The highest BCUT2D eigenvalue weighted by atomic mass is 35.5. The Morgan fingerprint density at radius 1 is 1.62 bits per heavy atom. The summed E-state index contributed by atoms with van der Waals surface area (Å²) < 4.78 is 13.0. The van der Waals surface area contributed by atoms with Gasteiger partial charge in [0.25, 0.3) is 0 Å². The van der Waals surface area contributed by atoms with Crippen LogP contribution in [0.25, 0.3) is 0 Å². The van der Waals surface area contributed by atoms with Crippen molar-refractivity contribution in [2.24, 2.45) is 5.73 Å². The molecule has 0 spiro atoms. The van der Waals surface area contributed by atoms with E-state index in [-0.39, 0.29) is 10.6 Å². The Balaban J connectivity index is 3.25. The van der Waals surface area contributed by atoms with Crippen molar-refractivity contribution in [3.05, 3.63) is 41.2 Å². The molecule has 1 rings (SSSR count). The lowest BCUT2D eigenvalue weighted by molar-refractivity contribution is 0.424. The van der Waals surface area contributed by atoms with Crippen LogP contribution in [-0.2, 0) is 0 Å². The van der Waals surface area contributed by atoms with Gasteiger partial charge in [-0.25, -0.2) is 4.39 Å². The highest BCUT2D eigenvalue weighted by molar-refractivity contribution is 6.30. The average molecular weight is 202 g/mol. The van der Waals surface area contributed by atoms with Crippen molar-refractivity contribution in [1.82, 2.24) is 0 Å². The molecule has 70 valence electrons. The van der Waals surface area contributed by atoms with E-state index in [1.165, 1.54) is 18.2 Å². The van der Waals surface area contributed by atoms with Crippen molar-refractivity contribution < 1.29 is 9.50 Å². The second kappa shape index (κ2) is 3.77. The zero-order chi connectivity index (χ0) is 10.0. The Morgan fingerprint density at radius 2 is 2.23 bits per heavy atom. The number of aromatic hydroxyl groups is 1. The van der Waals surface area contributed by atoms with Gasteiger partial charge < -0.3 is 10.8 Å². The summed E-state index contributed by atoms with van der Waals surface area (Å²) in [6, 6.07) is 2.22. The minimum absolute atomic E-state index is 0.127. The summed E-state index contributed by atoms with van der Waals surface area (Å²) in [5, 5.41) is 9.17. The van der Waals surface area contributed by atoms with Crippen LogP contribution in [0.4, 0.5) is 4.39 Å². The summed E-state index contributed by atoms with van der Waals surface area (Å²) in [6.07, 6.45) is 1.41. The Labute approximate surface area is 80.4 Å². The van der Waals surface area contributed by atoms with E-state index in [9.17, 15) is 9.50 Å². The highest BCUT2D eigenvalue weighted by Crippen LogP contribution is 2.30. The van der Waals surface area contributed by atoms with Crippen LogP contribution < -0.4 is 5.73 Å². The fourth-order valence-electron chi connectivity index (χ4n) is 0.951. The van der Waals surface area contributed by atoms with Crippen molar-refractivity contribution in [2.45, 2.75) is 6.04 Å². The van der Waals surface area contributed by atoms with Gasteiger partial charge in [0.2, 0.25) is 0 Å². The second-order valence-corrected chi connectivity index (χ2v) is 2.97. The van der Waals surface area contributed by atoms with E-state index in [4.69, 9.17) is 17.3 Å². The quantitative estimate of drug-likeness (QED) is 0.722. The number of hydrogen-bond acceptors (Lipinski definition) is 2. The first kappa shape index (κ1) is 10.0. The third kappa shape index (κ3) is 1.82. The van der Waals surface area contributed by atoms with E-state index < -0.39 is 17.6 Å². The maximum absolute atomic E-state index is 13.0. The minimum Gasteiger partial charge on any atom is -0.505 e. The van der Waals surface area contributed by atoms with E-state index in [1.54, 1.807) is 0 Å². The molecule has 0 unspecified atom stereocenters. The first-order valence-electron chi connectivity index (χ1n) is 3.63. The molecule has 0 aliphatic rings. The topological polar surface area (TPSA) is 46.2 Å². The van der Waals surface area contributed by atoms with Gasteiger partial charge in [-0.3, -0.25) is 0 Å². The number of phenols is 1. The molecule has 0 radical (unpaired) electrons.